The largest absolute Gasteiger partial charge is 0.326 e. The molecule has 0 unspecified atom stereocenters. The van der Waals surface area contributed by atoms with Crippen LogP contribution < -0.4 is 5.73 Å². The van der Waals surface area contributed by atoms with Gasteiger partial charge in [-0.3, -0.25) is 15.1 Å². The number of hydrogen-bond donors (Lipinski definition) is 1. The van der Waals surface area contributed by atoms with Crippen LogP contribution in [-0.2, 0) is 12.3 Å². The second-order valence-corrected chi connectivity index (χ2v) is 5.80. The first-order valence-electron chi connectivity index (χ1n) is 6.54. The standard InChI is InChI=1S/C15H17N3O2S/c1-10-8-17-14(11(2)15(10)18(19)20)9-21-13-5-3-12(7-16)4-6-13/h3-6,8H,7,9,16H2,1-2H3. The molecule has 2 N–H and O–H groups in total. The summed E-state index contributed by atoms with van der Waals surface area (Å²) in [5, 5.41) is 11.1. The van der Waals surface area contributed by atoms with Gasteiger partial charge in [0.1, 0.15) is 0 Å². The van der Waals surface area contributed by atoms with E-state index >= 15 is 0 Å². The molecule has 2 rings (SSSR count). The van der Waals surface area contributed by atoms with Crippen LogP contribution in [0.3, 0.4) is 0 Å². The van der Waals surface area contributed by atoms with Gasteiger partial charge in [-0.05, 0) is 31.5 Å². The molecular weight excluding hydrogens is 286 g/mol. The molecule has 1 heterocycles. The van der Waals surface area contributed by atoms with Gasteiger partial charge in [-0.2, -0.15) is 0 Å². The molecule has 0 spiro atoms. The zero-order valence-corrected chi connectivity index (χ0v) is 12.8. The van der Waals surface area contributed by atoms with Crippen LogP contribution in [0, 0.1) is 24.0 Å². The topological polar surface area (TPSA) is 82.0 Å². The average Bonchev–Trinajstić information content (AvgIpc) is 2.46. The first-order chi connectivity index (χ1) is 10.0. The SMILES string of the molecule is Cc1cnc(CSc2ccc(CN)cc2)c(C)c1[N+](=O)[O-]. The van der Waals surface area contributed by atoms with E-state index in [4.69, 9.17) is 5.73 Å². The van der Waals surface area contributed by atoms with Gasteiger partial charge >= 0.3 is 0 Å². The van der Waals surface area contributed by atoms with Crippen LogP contribution >= 0.6 is 11.8 Å². The van der Waals surface area contributed by atoms with E-state index < -0.39 is 0 Å². The Hall–Kier alpha value is -1.92. The van der Waals surface area contributed by atoms with Gasteiger partial charge in [-0.15, -0.1) is 11.8 Å². The molecule has 110 valence electrons. The van der Waals surface area contributed by atoms with Gasteiger partial charge in [-0.25, -0.2) is 0 Å². The fourth-order valence-electron chi connectivity index (χ4n) is 2.07. The van der Waals surface area contributed by atoms with Gasteiger partial charge in [0.05, 0.1) is 10.6 Å². The zero-order valence-electron chi connectivity index (χ0n) is 12.0. The van der Waals surface area contributed by atoms with Crippen LogP contribution in [0.15, 0.2) is 35.4 Å². The summed E-state index contributed by atoms with van der Waals surface area (Å²) < 4.78 is 0. The van der Waals surface area contributed by atoms with Crippen molar-refractivity contribution in [3.63, 3.8) is 0 Å². The van der Waals surface area contributed by atoms with Crippen molar-refractivity contribution < 1.29 is 4.92 Å². The number of nitrogens with two attached hydrogens (primary N) is 1. The predicted octanol–water partition coefficient (Wildman–Crippen LogP) is 3.36. The quantitative estimate of drug-likeness (QED) is 0.520. The molecule has 0 saturated carbocycles. The third-order valence-electron chi connectivity index (χ3n) is 3.29. The molecule has 0 saturated heterocycles. The van der Waals surface area contributed by atoms with E-state index in [0.29, 0.717) is 23.4 Å². The highest BCUT2D eigenvalue weighted by Gasteiger charge is 2.18. The maximum Gasteiger partial charge on any atom is 0.278 e. The molecule has 0 bridgehead atoms. The van der Waals surface area contributed by atoms with E-state index in [1.165, 1.54) is 0 Å². The second-order valence-electron chi connectivity index (χ2n) is 4.76. The maximum atomic E-state index is 11.1. The number of nitrogens with zero attached hydrogens (tertiary/aromatic N) is 2. The molecule has 21 heavy (non-hydrogen) atoms. The average molecular weight is 303 g/mol. The molecule has 0 radical (unpaired) electrons. The summed E-state index contributed by atoms with van der Waals surface area (Å²) in [5.74, 6) is 0.606. The number of hydrogen-bond acceptors (Lipinski definition) is 5. The van der Waals surface area contributed by atoms with Crippen molar-refractivity contribution >= 4 is 17.4 Å². The van der Waals surface area contributed by atoms with Crippen LogP contribution in [0.4, 0.5) is 5.69 Å². The molecule has 0 aliphatic rings. The minimum absolute atomic E-state index is 0.166. The molecule has 0 atom stereocenters. The molecule has 2 aromatic rings. The van der Waals surface area contributed by atoms with Crippen molar-refractivity contribution in [2.24, 2.45) is 5.73 Å². The summed E-state index contributed by atoms with van der Waals surface area (Å²) >= 11 is 1.61. The van der Waals surface area contributed by atoms with Crippen molar-refractivity contribution in [1.82, 2.24) is 4.98 Å². The van der Waals surface area contributed by atoms with Crippen LogP contribution in [0.2, 0.25) is 0 Å². The van der Waals surface area contributed by atoms with Gasteiger partial charge < -0.3 is 5.73 Å². The Labute approximate surface area is 127 Å². The summed E-state index contributed by atoms with van der Waals surface area (Å²) in [4.78, 5) is 16.2. The Balaban J connectivity index is 2.16. The lowest BCUT2D eigenvalue weighted by Crippen LogP contribution is -2.01. The van der Waals surface area contributed by atoms with E-state index in [9.17, 15) is 10.1 Å². The minimum Gasteiger partial charge on any atom is -0.326 e. The number of pyridine rings is 1. The van der Waals surface area contributed by atoms with Crippen molar-refractivity contribution in [2.45, 2.75) is 31.0 Å². The highest BCUT2D eigenvalue weighted by Crippen LogP contribution is 2.29. The summed E-state index contributed by atoms with van der Waals surface area (Å²) in [7, 11) is 0. The van der Waals surface area contributed by atoms with E-state index in [1.54, 1.807) is 31.8 Å². The highest BCUT2D eigenvalue weighted by molar-refractivity contribution is 7.98. The van der Waals surface area contributed by atoms with E-state index in [2.05, 4.69) is 4.98 Å². The van der Waals surface area contributed by atoms with Gasteiger partial charge in [-0.1, -0.05) is 12.1 Å². The molecule has 5 nitrogen and oxygen atoms in total. The number of aromatic nitrogens is 1. The van der Waals surface area contributed by atoms with Crippen LogP contribution in [-0.4, -0.2) is 9.91 Å². The first kappa shape index (κ1) is 15.5. The molecule has 0 fully saturated rings. The summed E-state index contributed by atoms with van der Waals surface area (Å²) in [6.07, 6.45) is 1.57. The molecular formula is C15H17N3O2S. The first-order valence-corrected chi connectivity index (χ1v) is 7.52. The summed E-state index contributed by atoms with van der Waals surface area (Å²) in [5.41, 5.74) is 8.80. The number of thioether (sulfide) groups is 1. The molecule has 0 amide bonds. The number of aryl methyl sites for hydroxylation is 1. The predicted molar refractivity (Wildman–Crippen MR) is 84.3 cm³/mol. The maximum absolute atomic E-state index is 11.1. The van der Waals surface area contributed by atoms with E-state index in [1.807, 2.05) is 24.3 Å². The normalized spacial score (nSPS) is 10.6. The summed E-state index contributed by atoms with van der Waals surface area (Å²) in [6.45, 7) is 3.99. The number of rotatable bonds is 5. The minimum atomic E-state index is -0.337. The lowest BCUT2D eigenvalue weighted by atomic mass is 10.1. The Morgan fingerprint density at radius 2 is 1.95 bits per heavy atom. The smallest absolute Gasteiger partial charge is 0.278 e. The lowest BCUT2D eigenvalue weighted by molar-refractivity contribution is -0.386. The molecule has 0 aliphatic carbocycles. The van der Waals surface area contributed by atoms with Crippen molar-refractivity contribution in [3.05, 3.63) is 63.0 Å². The summed E-state index contributed by atoms with van der Waals surface area (Å²) in [6, 6.07) is 7.98. The van der Waals surface area contributed by atoms with E-state index in [0.717, 1.165) is 16.2 Å². The van der Waals surface area contributed by atoms with Gasteiger partial charge in [0.15, 0.2) is 0 Å². The fourth-order valence-corrected chi connectivity index (χ4v) is 2.99. The molecule has 6 heteroatoms. The van der Waals surface area contributed by atoms with Crippen LogP contribution in [0.5, 0.6) is 0 Å². The monoisotopic (exact) mass is 303 g/mol. The fraction of sp³-hybridized carbons (Fsp3) is 0.267. The number of nitro groups is 1. The second kappa shape index (κ2) is 6.69. The van der Waals surface area contributed by atoms with Crippen molar-refractivity contribution in [3.8, 4) is 0 Å². The van der Waals surface area contributed by atoms with Crippen molar-refractivity contribution in [2.75, 3.05) is 0 Å². The van der Waals surface area contributed by atoms with Gasteiger partial charge in [0, 0.05) is 34.5 Å². The Morgan fingerprint density at radius 3 is 2.52 bits per heavy atom. The Bertz CT molecular complexity index is 657. The van der Waals surface area contributed by atoms with Gasteiger partial charge in [0.2, 0.25) is 0 Å². The van der Waals surface area contributed by atoms with E-state index in [-0.39, 0.29) is 10.6 Å². The van der Waals surface area contributed by atoms with Crippen molar-refractivity contribution in [1.29, 1.82) is 0 Å². The molecule has 1 aromatic carbocycles. The highest BCUT2D eigenvalue weighted by atomic mass is 32.2. The third kappa shape index (κ3) is 3.59. The number of benzene rings is 1. The Morgan fingerprint density at radius 1 is 1.29 bits per heavy atom. The van der Waals surface area contributed by atoms with Crippen LogP contribution in [0.1, 0.15) is 22.4 Å². The Kier molecular flexibility index (Phi) is 4.93. The lowest BCUT2D eigenvalue weighted by Gasteiger charge is -2.07. The van der Waals surface area contributed by atoms with Crippen LogP contribution in [0.25, 0.3) is 0 Å². The van der Waals surface area contributed by atoms with Gasteiger partial charge in [0.25, 0.3) is 5.69 Å². The molecule has 1 aromatic heterocycles. The zero-order chi connectivity index (χ0) is 15.4. The molecule has 0 aliphatic heterocycles. The third-order valence-corrected chi connectivity index (χ3v) is 4.32.